The Morgan fingerprint density at radius 2 is 1.90 bits per heavy atom. The Labute approximate surface area is 180 Å². The van der Waals surface area contributed by atoms with E-state index in [9.17, 15) is 9.59 Å². The van der Waals surface area contributed by atoms with Crippen molar-refractivity contribution in [3.05, 3.63) is 59.9 Å². The SMILES string of the molecule is Cc1ccc2c(CC(=O)N3CC(C(=O)N4CCOCC4)Oc4ccccc43)coc2c1. The van der Waals surface area contributed by atoms with E-state index in [1.165, 1.54) is 0 Å². The van der Waals surface area contributed by atoms with Gasteiger partial charge in [-0.15, -0.1) is 0 Å². The third-order valence-corrected chi connectivity index (χ3v) is 5.83. The van der Waals surface area contributed by atoms with E-state index < -0.39 is 6.10 Å². The number of morpholine rings is 1. The van der Waals surface area contributed by atoms with E-state index in [2.05, 4.69) is 0 Å². The number of benzene rings is 2. The Kier molecular flexibility index (Phi) is 5.11. The summed E-state index contributed by atoms with van der Waals surface area (Å²) in [6, 6.07) is 13.3. The number of ether oxygens (including phenoxy) is 2. The van der Waals surface area contributed by atoms with Crippen molar-refractivity contribution < 1.29 is 23.5 Å². The molecule has 1 saturated heterocycles. The summed E-state index contributed by atoms with van der Waals surface area (Å²) in [5.74, 6) is 0.333. The molecule has 0 N–H and O–H groups in total. The number of para-hydroxylation sites is 2. The minimum Gasteiger partial charge on any atom is -0.476 e. The number of carbonyl (C=O) groups excluding carboxylic acids is 2. The molecule has 0 aliphatic carbocycles. The van der Waals surface area contributed by atoms with Gasteiger partial charge in [-0.1, -0.05) is 24.3 Å². The van der Waals surface area contributed by atoms with Gasteiger partial charge in [0.05, 0.1) is 38.1 Å². The number of nitrogens with zero attached hydrogens (tertiary/aromatic N) is 2. The molecule has 2 aliphatic rings. The maximum atomic E-state index is 13.4. The lowest BCUT2D eigenvalue weighted by Crippen LogP contribution is -2.54. The molecule has 0 bridgehead atoms. The number of aryl methyl sites for hydroxylation is 1. The summed E-state index contributed by atoms with van der Waals surface area (Å²) < 4.78 is 17.0. The van der Waals surface area contributed by atoms with E-state index >= 15 is 0 Å². The predicted octanol–water partition coefficient (Wildman–Crippen LogP) is 2.94. The van der Waals surface area contributed by atoms with Crippen molar-refractivity contribution in [2.24, 2.45) is 0 Å². The number of furan rings is 1. The maximum absolute atomic E-state index is 13.4. The number of anilines is 1. The highest BCUT2D eigenvalue weighted by molar-refractivity contribution is 6.00. The fourth-order valence-corrected chi connectivity index (χ4v) is 4.17. The fourth-order valence-electron chi connectivity index (χ4n) is 4.17. The van der Waals surface area contributed by atoms with Crippen LogP contribution in [0.3, 0.4) is 0 Å². The molecule has 7 heteroatoms. The third-order valence-electron chi connectivity index (χ3n) is 5.83. The quantitative estimate of drug-likeness (QED) is 0.652. The topological polar surface area (TPSA) is 72.2 Å². The molecule has 2 amide bonds. The molecule has 7 nitrogen and oxygen atoms in total. The van der Waals surface area contributed by atoms with Crippen LogP contribution in [0.2, 0.25) is 0 Å². The number of rotatable bonds is 3. The first kappa shape index (κ1) is 19.6. The van der Waals surface area contributed by atoms with Crippen LogP contribution in [0, 0.1) is 6.92 Å². The van der Waals surface area contributed by atoms with Crippen LogP contribution in [-0.2, 0) is 20.7 Å². The van der Waals surface area contributed by atoms with Crippen LogP contribution in [0.1, 0.15) is 11.1 Å². The average Bonchev–Trinajstić information content (AvgIpc) is 3.19. The molecule has 2 aromatic carbocycles. The second-order valence-corrected chi connectivity index (χ2v) is 7.95. The van der Waals surface area contributed by atoms with Gasteiger partial charge in [0, 0.05) is 24.0 Å². The number of fused-ring (bicyclic) bond motifs is 2. The van der Waals surface area contributed by atoms with Crippen LogP contribution < -0.4 is 9.64 Å². The largest absolute Gasteiger partial charge is 0.476 e. The molecular formula is C24H24N2O5. The van der Waals surface area contributed by atoms with Gasteiger partial charge >= 0.3 is 0 Å². The number of hydrogen-bond donors (Lipinski definition) is 0. The first-order valence-corrected chi connectivity index (χ1v) is 10.5. The van der Waals surface area contributed by atoms with E-state index in [0.29, 0.717) is 37.7 Å². The van der Waals surface area contributed by atoms with Crippen LogP contribution in [0.5, 0.6) is 5.75 Å². The van der Waals surface area contributed by atoms with Crippen molar-refractivity contribution in [2.75, 3.05) is 37.7 Å². The first-order chi connectivity index (χ1) is 15.1. The summed E-state index contributed by atoms with van der Waals surface area (Å²) in [6.45, 7) is 4.29. The monoisotopic (exact) mass is 420 g/mol. The van der Waals surface area contributed by atoms with Gasteiger partial charge in [-0.2, -0.15) is 0 Å². The minimum absolute atomic E-state index is 0.0983. The number of carbonyl (C=O) groups is 2. The highest BCUT2D eigenvalue weighted by Crippen LogP contribution is 2.34. The van der Waals surface area contributed by atoms with Gasteiger partial charge < -0.3 is 23.7 Å². The predicted molar refractivity (Wildman–Crippen MR) is 115 cm³/mol. The summed E-state index contributed by atoms with van der Waals surface area (Å²) >= 11 is 0. The lowest BCUT2D eigenvalue weighted by Gasteiger charge is -2.37. The molecule has 1 atom stereocenters. The molecule has 1 unspecified atom stereocenters. The van der Waals surface area contributed by atoms with Crippen LogP contribution in [-0.4, -0.2) is 55.7 Å². The van der Waals surface area contributed by atoms with Crippen molar-refractivity contribution >= 4 is 28.5 Å². The molecule has 160 valence electrons. The average molecular weight is 420 g/mol. The minimum atomic E-state index is -0.735. The Morgan fingerprint density at radius 3 is 2.74 bits per heavy atom. The molecular weight excluding hydrogens is 396 g/mol. The highest BCUT2D eigenvalue weighted by atomic mass is 16.5. The van der Waals surface area contributed by atoms with Crippen molar-refractivity contribution in [3.8, 4) is 5.75 Å². The van der Waals surface area contributed by atoms with Gasteiger partial charge in [0.15, 0.2) is 6.10 Å². The Hall–Kier alpha value is -3.32. The summed E-state index contributed by atoms with van der Waals surface area (Å²) in [6.07, 6.45) is 1.09. The van der Waals surface area contributed by atoms with Crippen LogP contribution >= 0.6 is 0 Å². The van der Waals surface area contributed by atoms with Gasteiger partial charge in [-0.05, 0) is 30.7 Å². The molecule has 3 aromatic rings. The van der Waals surface area contributed by atoms with E-state index in [4.69, 9.17) is 13.9 Å². The van der Waals surface area contributed by atoms with Gasteiger partial charge in [0.2, 0.25) is 5.91 Å². The zero-order chi connectivity index (χ0) is 21.4. The second kappa shape index (κ2) is 8.07. The summed E-state index contributed by atoms with van der Waals surface area (Å²) in [4.78, 5) is 29.8. The molecule has 1 fully saturated rings. The van der Waals surface area contributed by atoms with Crippen molar-refractivity contribution in [1.82, 2.24) is 4.90 Å². The normalized spacial score (nSPS) is 18.5. The summed E-state index contributed by atoms with van der Waals surface area (Å²) in [5.41, 5.74) is 3.39. The van der Waals surface area contributed by atoms with Gasteiger partial charge in [-0.25, -0.2) is 0 Å². The second-order valence-electron chi connectivity index (χ2n) is 7.95. The lowest BCUT2D eigenvalue weighted by molar-refractivity contribution is -0.142. The molecule has 31 heavy (non-hydrogen) atoms. The molecule has 0 radical (unpaired) electrons. The zero-order valence-corrected chi connectivity index (χ0v) is 17.4. The fraction of sp³-hybridized carbons (Fsp3) is 0.333. The summed E-state index contributed by atoms with van der Waals surface area (Å²) in [7, 11) is 0. The lowest BCUT2D eigenvalue weighted by atomic mass is 10.1. The molecule has 1 aromatic heterocycles. The molecule has 3 heterocycles. The number of amides is 2. The van der Waals surface area contributed by atoms with Crippen molar-refractivity contribution in [1.29, 1.82) is 0 Å². The van der Waals surface area contributed by atoms with Gasteiger partial charge in [0.25, 0.3) is 5.91 Å². The first-order valence-electron chi connectivity index (χ1n) is 10.5. The molecule has 2 aliphatic heterocycles. The summed E-state index contributed by atoms with van der Waals surface area (Å²) in [5, 5.41) is 0.932. The van der Waals surface area contributed by atoms with Crippen LogP contribution in [0.4, 0.5) is 5.69 Å². The standard InChI is InChI=1S/C24H24N2O5/c1-16-6-7-18-17(15-30-21(18)12-16)13-23(27)26-14-22(24(28)25-8-10-29-11-9-25)31-20-5-3-2-4-19(20)26/h2-7,12,15,22H,8-11,13-14H2,1H3. The van der Waals surface area contributed by atoms with Crippen molar-refractivity contribution in [2.45, 2.75) is 19.4 Å². The van der Waals surface area contributed by atoms with Gasteiger partial charge in [0.1, 0.15) is 11.3 Å². The molecule has 0 spiro atoms. The Morgan fingerprint density at radius 1 is 1.10 bits per heavy atom. The van der Waals surface area contributed by atoms with E-state index in [1.54, 1.807) is 22.1 Å². The van der Waals surface area contributed by atoms with Gasteiger partial charge in [-0.3, -0.25) is 9.59 Å². The molecule has 5 rings (SSSR count). The van der Waals surface area contributed by atoms with E-state index in [-0.39, 0.29) is 24.8 Å². The van der Waals surface area contributed by atoms with Crippen LogP contribution in [0.15, 0.2) is 53.1 Å². The Bertz CT molecular complexity index is 1130. The van der Waals surface area contributed by atoms with E-state index in [0.717, 1.165) is 22.1 Å². The zero-order valence-electron chi connectivity index (χ0n) is 17.4. The smallest absolute Gasteiger partial charge is 0.265 e. The van der Waals surface area contributed by atoms with Crippen molar-refractivity contribution in [3.63, 3.8) is 0 Å². The maximum Gasteiger partial charge on any atom is 0.265 e. The third kappa shape index (κ3) is 3.77. The number of hydrogen-bond acceptors (Lipinski definition) is 5. The van der Waals surface area contributed by atoms with Crippen LogP contribution in [0.25, 0.3) is 11.0 Å². The molecule has 0 saturated carbocycles. The highest BCUT2D eigenvalue weighted by Gasteiger charge is 2.36. The Balaban J connectivity index is 1.40. The van der Waals surface area contributed by atoms with E-state index in [1.807, 2.05) is 43.3 Å².